The first-order valence-electron chi connectivity index (χ1n) is 7.35. The normalized spacial score (nSPS) is 29.8. The van der Waals surface area contributed by atoms with Crippen LogP contribution in [0, 0.1) is 17.1 Å². The Morgan fingerprint density at radius 3 is 2.60 bits per heavy atom. The predicted molar refractivity (Wildman–Crippen MR) is 76.9 cm³/mol. The molecule has 2 aliphatic rings. The van der Waals surface area contributed by atoms with Crippen molar-refractivity contribution < 1.29 is 4.39 Å². The number of piperidine rings is 2. The van der Waals surface area contributed by atoms with Crippen LogP contribution in [0.15, 0.2) is 18.2 Å². The molecule has 0 aromatic heterocycles. The summed E-state index contributed by atoms with van der Waals surface area (Å²) in [7, 11) is 2.22. The lowest BCUT2D eigenvalue weighted by atomic mass is 9.82. The SMILES string of the molecule is CN1C2CCCC1CC(Nc1cc(F)cc(C#N)c1)C2. The zero-order valence-corrected chi connectivity index (χ0v) is 11.8. The van der Waals surface area contributed by atoms with Crippen molar-refractivity contribution in [1.29, 1.82) is 5.26 Å². The second-order valence-corrected chi connectivity index (χ2v) is 6.06. The van der Waals surface area contributed by atoms with Crippen molar-refractivity contribution >= 4 is 5.69 Å². The molecule has 2 saturated heterocycles. The van der Waals surface area contributed by atoms with Crippen LogP contribution < -0.4 is 5.32 Å². The first kappa shape index (κ1) is 13.4. The molecule has 1 N–H and O–H groups in total. The maximum atomic E-state index is 13.5. The van der Waals surface area contributed by atoms with Gasteiger partial charge in [0.05, 0.1) is 11.6 Å². The van der Waals surface area contributed by atoms with Gasteiger partial charge in [0.15, 0.2) is 0 Å². The molecule has 0 spiro atoms. The lowest BCUT2D eigenvalue weighted by Crippen LogP contribution is -2.52. The number of anilines is 1. The first-order chi connectivity index (χ1) is 9.65. The fourth-order valence-corrected chi connectivity index (χ4v) is 3.71. The molecule has 0 aliphatic carbocycles. The molecule has 0 amide bonds. The minimum Gasteiger partial charge on any atom is -0.382 e. The van der Waals surface area contributed by atoms with E-state index in [1.165, 1.54) is 31.4 Å². The van der Waals surface area contributed by atoms with Gasteiger partial charge in [-0.05, 0) is 50.9 Å². The van der Waals surface area contributed by atoms with Gasteiger partial charge in [0.25, 0.3) is 0 Å². The molecule has 0 saturated carbocycles. The van der Waals surface area contributed by atoms with Crippen LogP contribution in [0.1, 0.15) is 37.7 Å². The van der Waals surface area contributed by atoms with Gasteiger partial charge in [-0.3, -0.25) is 0 Å². The van der Waals surface area contributed by atoms with E-state index in [9.17, 15) is 4.39 Å². The number of nitriles is 1. The molecule has 3 rings (SSSR count). The van der Waals surface area contributed by atoms with Crippen LogP contribution >= 0.6 is 0 Å². The molecule has 2 bridgehead atoms. The third-order valence-electron chi connectivity index (χ3n) is 4.74. The summed E-state index contributed by atoms with van der Waals surface area (Å²) in [6, 6.07) is 8.16. The summed E-state index contributed by atoms with van der Waals surface area (Å²) in [5.41, 5.74) is 1.11. The van der Waals surface area contributed by atoms with Crippen LogP contribution in [0.5, 0.6) is 0 Å². The molecule has 106 valence electrons. The van der Waals surface area contributed by atoms with Gasteiger partial charge >= 0.3 is 0 Å². The van der Waals surface area contributed by atoms with Crippen molar-refractivity contribution in [2.45, 2.75) is 50.2 Å². The van der Waals surface area contributed by atoms with Gasteiger partial charge in [-0.15, -0.1) is 0 Å². The highest BCUT2D eigenvalue weighted by molar-refractivity contribution is 5.50. The summed E-state index contributed by atoms with van der Waals surface area (Å²) >= 11 is 0. The molecule has 2 aliphatic heterocycles. The van der Waals surface area contributed by atoms with Crippen LogP contribution in [0.3, 0.4) is 0 Å². The Labute approximate surface area is 119 Å². The Morgan fingerprint density at radius 1 is 1.25 bits per heavy atom. The summed E-state index contributed by atoms with van der Waals surface area (Å²) < 4.78 is 13.5. The molecule has 2 fully saturated rings. The Morgan fingerprint density at radius 2 is 1.95 bits per heavy atom. The highest BCUT2D eigenvalue weighted by Crippen LogP contribution is 2.34. The fraction of sp³-hybridized carbons (Fsp3) is 0.562. The maximum absolute atomic E-state index is 13.5. The Hall–Kier alpha value is -1.60. The van der Waals surface area contributed by atoms with Crippen LogP contribution in [0.2, 0.25) is 0 Å². The van der Waals surface area contributed by atoms with E-state index < -0.39 is 0 Å². The molecule has 1 aromatic rings. The van der Waals surface area contributed by atoms with Crippen molar-refractivity contribution in [3.8, 4) is 6.07 Å². The van der Waals surface area contributed by atoms with Crippen LogP contribution in [0.25, 0.3) is 0 Å². The van der Waals surface area contributed by atoms with Crippen molar-refractivity contribution in [3.63, 3.8) is 0 Å². The van der Waals surface area contributed by atoms with E-state index in [1.54, 1.807) is 6.07 Å². The first-order valence-corrected chi connectivity index (χ1v) is 7.35. The van der Waals surface area contributed by atoms with Gasteiger partial charge in [-0.2, -0.15) is 5.26 Å². The molecular weight excluding hydrogens is 253 g/mol. The predicted octanol–water partition coefficient (Wildman–Crippen LogP) is 3.12. The molecule has 2 atom stereocenters. The number of rotatable bonds is 2. The minimum atomic E-state index is -0.348. The van der Waals surface area contributed by atoms with E-state index in [4.69, 9.17) is 5.26 Å². The van der Waals surface area contributed by atoms with E-state index >= 15 is 0 Å². The van der Waals surface area contributed by atoms with Crippen LogP contribution in [-0.2, 0) is 0 Å². The third-order valence-corrected chi connectivity index (χ3v) is 4.74. The molecule has 20 heavy (non-hydrogen) atoms. The van der Waals surface area contributed by atoms with E-state index in [-0.39, 0.29) is 5.82 Å². The minimum absolute atomic E-state index is 0.348. The zero-order valence-electron chi connectivity index (χ0n) is 11.8. The third kappa shape index (κ3) is 2.64. The Kier molecular flexibility index (Phi) is 3.62. The van der Waals surface area contributed by atoms with Crippen molar-refractivity contribution in [3.05, 3.63) is 29.6 Å². The Bertz CT molecular complexity index is 523. The molecule has 2 heterocycles. The fourth-order valence-electron chi connectivity index (χ4n) is 3.71. The Balaban J connectivity index is 1.72. The number of nitrogens with zero attached hydrogens (tertiary/aromatic N) is 2. The smallest absolute Gasteiger partial charge is 0.126 e. The van der Waals surface area contributed by atoms with Gasteiger partial charge in [0.2, 0.25) is 0 Å². The number of hydrogen-bond donors (Lipinski definition) is 1. The number of hydrogen-bond acceptors (Lipinski definition) is 3. The molecule has 2 unspecified atom stereocenters. The number of halogens is 1. The molecule has 3 nitrogen and oxygen atoms in total. The number of fused-ring (bicyclic) bond motifs is 2. The monoisotopic (exact) mass is 273 g/mol. The number of nitrogens with one attached hydrogen (secondary N) is 1. The van der Waals surface area contributed by atoms with Crippen LogP contribution in [0.4, 0.5) is 10.1 Å². The number of benzene rings is 1. The van der Waals surface area contributed by atoms with Gasteiger partial charge in [-0.1, -0.05) is 6.42 Å². The van der Waals surface area contributed by atoms with Crippen molar-refractivity contribution in [2.75, 3.05) is 12.4 Å². The topological polar surface area (TPSA) is 39.1 Å². The van der Waals surface area contributed by atoms with Gasteiger partial charge < -0.3 is 10.2 Å². The quantitative estimate of drug-likeness (QED) is 0.899. The van der Waals surface area contributed by atoms with E-state index in [0.717, 1.165) is 18.5 Å². The van der Waals surface area contributed by atoms with E-state index in [2.05, 4.69) is 17.3 Å². The largest absolute Gasteiger partial charge is 0.382 e. The molecule has 4 heteroatoms. The van der Waals surface area contributed by atoms with Gasteiger partial charge in [0.1, 0.15) is 5.82 Å². The van der Waals surface area contributed by atoms with Crippen molar-refractivity contribution in [2.24, 2.45) is 0 Å². The highest BCUT2D eigenvalue weighted by atomic mass is 19.1. The average molecular weight is 273 g/mol. The average Bonchev–Trinajstić information content (AvgIpc) is 2.39. The lowest BCUT2D eigenvalue weighted by molar-refractivity contribution is 0.0608. The zero-order chi connectivity index (χ0) is 14.1. The summed E-state index contributed by atoms with van der Waals surface area (Å²) in [4.78, 5) is 2.51. The lowest BCUT2D eigenvalue weighted by Gasteiger charge is -2.47. The van der Waals surface area contributed by atoms with Gasteiger partial charge in [0, 0.05) is 23.8 Å². The van der Waals surface area contributed by atoms with Crippen LogP contribution in [-0.4, -0.2) is 30.1 Å². The molecule has 0 radical (unpaired) electrons. The second-order valence-electron chi connectivity index (χ2n) is 6.06. The summed E-state index contributed by atoms with van der Waals surface area (Å²) in [5, 5.41) is 12.3. The maximum Gasteiger partial charge on any atom is 0.126 e. The summed E-state index contributed by atoms with van der Waals surface area (Å²) in [6.07, 6.45) is 6.05. The summed E-state index contributed by atoms with van der Waals surface area (Å²) in [6.45, 7) is 0. The standard InChI is InChI=1S/C16H20FN3/c1-20-15-3-2-4-16(20)9-14(8-15)19-13-6-11(10-18)5-12(17)7-13/h5-7,14-16,19H,2-4,8-9H2,1H3. The second kappa shape index (κ2) is 5.41. The van der Waals surface area contributed by atoms with E-state index in [1.807, 2.05) is 6.07 Å². The van der Waals surface area contributed by atoms with E-state index in [0.29, 0.717) is 23.7 Å². The summed E-state index contributed by atoms with van der Waals surface area (Å²) in [5.74, 6) is -0.348. The molecule has 1 aromatic carbocycles. The van der Waals surface area contributed by atoms with Gasteiger partial charge in [-0.25, -0.2) is 4.39 Å². The van der Waals surface area contributed by atoms with Crippen molar-refractivity contribution in [1.82, 2.24) is 4.90 Å². The molecular formula is C16H20FN3. The highest BCUT2D eigenvalue weighted by Gasteiger charge is 2.35.